The number of fused-ring (bicyclic) bond motifs is 3. The summed E-state index contributed by atoms with van der Waals surface area (Å²) < 4.78 is 0. The van der Waals surface area contributed by atoms with Crippen molar-refractivity contribution in [3.05, 3.63) is 41.4 Å². The van der Waals surface area contributed by atoms with Crippen molar-refractivity contribution in [1.82, 2.24) is 15.1 Å². The Morgan fingerprint density at radius 1 is 1.39 bits per heavy atom. The summed E-state index contributed by atoms with van der Waals surface area (Å²) in [5.74, 6) is 1.41. The van der Waals surface area contributed by atoms with Gasteiger partial charge in [-0.05, 0) is 60.9 Å². The first-order chi connectivity index (χ1) is 13.6. The van der Waals surface area contributed by atoms with Gasteiger partial charge in [-0.25, -0.2) is 0 Å². The zero-order valence-electron chi connectivity index (χ0n) is 15.7. The van der Waals surface area contributed by atoms with Crippen LogP contribution in [0.3, 0.4) is 0 Å². The Bertz CT molecular complexity index is 980. The molecule has 2 N–H and O–H groups in total. The number of H-pyrrole nitrogens is 1. The van der Waals surface area contributed by atoms with E-state index in [4.69, 9.17) is 9.90 Å². The third-order valence-corrected chi connectivity index (χ3v) is 6.96. The number of likely N-dealkylation sites (tertiary alicyclic amines) is 1. The zero-order chi connectivity index (χ0) is 19.7. The van der Waals surface area contributed by atoms with Gasteiger partial charge >= 0.3 is 0 Å². The van der Waals surface area contributed by atoms with Gasteiger partial charge in [0.2, 0.25) is 0 Å². The van der Waals surface area contributed by atoms with Crippen LogP contribution in [0, 0.1) is 11.8 Å². The molecule has 2 bridgehead atoms. The molecule has 0 radical (unpaired) electrons. The molecule has 1 saturated heterocycles. The lowest BCUT2D eigenvalue weighted by atomic mass is 9.88. The maximum Gasteiger partial charge on any atom is 0.290 e. The number of aromatic nitrogens is 2. The highest BCUT2D eigenvalue weighted by molar-refractivity contribution is 7.13. The lowest BCUT2D eigenvalue weighted by Gasteiger charge is -2.27. The summed E-state index contributed by atoms with van der Waals surface area (Å²) in [6.07, 6.45) is 3.07. The predicted octanol–water partition coefficient (Wildman–Crippen LogP) is 3.91. The quantitative estimate of drug-likeness (QED) is 0.515. The molecule has 7 heteroatoms. The first-order valence-corrected chi connectivity index (χ1v) is 10.3. The lowest BCUT2D eigenvalue weighted by Crippen LogP contribution is -2.32. The van der Waals surface area contributed by atoms with Crippen LogP contribution in [-0.4, -0.2) is 52.1 Å². The van der Waals surface area contributed by atoms with E-state index in [1.165, 1.54) is 16.9 Å². The van der Waals surface area contributed by atoms with E-state index >= 15 is 0 Å². The molecule has 1 aromatic carbocycles. The molecular formula is C21H23N3O3S. The van der Waals surface area contributed by atoms with Crippen molar-refractivity contribution >= 4 is 34.5 Å². The number of thiophene rings is 1. The largest absolute Gasteiger partial charge is 0.483 e. The number of aromatic amines is 1. The van der Waals surface area contributed by atoms with Gasteiger partial charge in [-0.15, -0.1) is 11.3 Å². The summed E-state index contributed by atoms with van der Waals surface area (Å²) in [5.41, 5.74) is 2.73. The SMILES string of the molecule is CN1CC2CC1CC2CC(=O)c1n[nH]c2cc(-c3cccs3)ccc12.O=CO. The molecule has 3 heterocycles. The van der Waals surface area contributed by atoms with Crippen molar-refractivity contribution in [3.63, 3.8) is 0 Å². The molecule has 1 aliphatic heterocycles. The number of rotatable bonds is 4. The Labute approximate surface area is 167 Å². The van der Waals surface area contributed by atoms with Crippen LogP contribution in [0.1, 0.15) is 29.8 Å². The Hall–Kier alpha value is -2.51. The van der Waals surface area contributed by atoms with E-state index in [1.54, 1.807) is 11.3 Å². The van der Waals surface area contributed by atoms with Gasteiger partial charge < -0.3 is 10.0 Å². The fraction of sp³-hybridized carbons (Fsp3) is 0.381. The van der Waals surface area contributed by atoms with Crippen molar-refractivity contribution in [2.45, 2.75) is 25.3 Å². The molecule has 2 fully saturated rings. The number of carbonyl (C=O) groups is 2. The maximum atomic E-state index is 12.9. The van der Waals surface area contributed by atoms with E-state index in [9.17, 15) is 4.79 Å². The summed E-state index contributed by atoms with van der Waals surface area (Å²) in [6, 6.07) is 11.1. The second kappa shape index (κ2) is 7.85. The van der Waals surface area contributed by atoms with Crippen LogP contribution in [-0.2, 0) is 4.79 Å². The first-order valence-electron chi connectivity index (χ1n) is 9.44. The van der Waals surface area contributed by atoms with E-state index in [1.807, 2.05) is 6.07 Å². The maximum absolute atomic E-state index is 12.9. The number of carbonyl (C=O) groups excluding carboxylic acids is 1. The van der Waals surface area contributed by atoms with Crippen molar-refractivity contribution in [3.8, 4) is 10.4 Å². The Morgan fingerprint density at radius 2 is 2.21 bits per heavy atom. The van der Waals surface area contributed by atoms with Gasteiger partial charge in [0.05, 0.1) is 5.52 Å². The average Bonchev–Trinajstić information content (AvgIpc) is 3.45. The lowest BCUT2D eigenvalue weighted by molar-refractivity contribution is -0.122. The summed E-state index contributed by atoms with van der Waals surface area (Å²) in [4.78, 5) is 24.9. The first kappa shape index (κ1) is 18.8. The number of hydrogen-bond donors (Lipinski definition) is 2. The highest BCUT2D eigenvalue weighted by atomic mass is 32.1. The summed E-state index contributed by atoms with van der Waals surface area (Å²) in [7, 11) is 2.20. The molecule has 0 spiro atoms. The molecule has 3 atom stereocenters. The van der Waals surface area contributed by atoms with Crippen LogP contribution in [0.5, 0.6) is 0 Å². The molecule has 6 nitrogen and oxygen atoms in total. The third-order valence-electron chi connectivity index (χ3n) is 6.04. The van der Waals surface area contributed by atoms with E-state index in [0.717, 1.165) is 23.9 Å². The Balaban J connectivity index is 0.000000604. The number of nitrogens with zero attached hydrogens (tertiary/aromatic N) is 2. The van der Waals surface area contributed by atoms with Crippen molar-refractivity contribution < 1.29 is 14.7 Å². The Morgan fingerprint density at radius 3 is 2.86 bits per heavy atom. The molecule has 28 heavy (non-hydrogen) atoms. The van der Waals surface area contributed by atoms with E-state index in [2.05, 4.69) is 51.8 Å². The highest BCUT2D eigenvalue weighted by Gasteiger charge is 2.43. The Kier molecular flexibility index (Phi) is 5.28. The molecule has 2 aliphatic rings. The molecule has 2 aromatic heterocycles. The van der Waals surface area contributed by atoms with Gasteiger partial charge in [-0.2, -0.15) is 5.10 Å². The molecule has 146 valence electrons. The van der Waals surface area contributed by atoms with Gasteiger partial charge in [0.15, 0.2) is 5.78 Å². The minimum absolute atomic E-state index is 0.190. The zero-order valence-corrected chi connectivity index (χ0v) is 16.5. The minimum atomic E-state index is -0.250. The van der Waals surface area contributed by atoms with Gasteiger partial charge in [-0.1, -0.05) is 12.1 Å². The van der Waals surface area contributed by atoms with E-state index < -0.39 is 0 Å². The second-order valence-electron chi connectivity index (χ2n) is 7.63. The van der Waals surface area contributed by atoms with Crippen molar-refractivity contribution in [1.29, 1.82) is 0 Å². The van der Waals surface area contributed by atoms with Crippen LogP contribution in [0.2, 0.25) is 0 Å². The number of Topliss-reactive ketones (excluding diaryl/α,β-unsaturated/α-hetero) is 1. The van der Waals surface area contributed by atoms with Crippen LogP contribution in [0.4, 0.5) is 0 Å². The molecule has 3 aromatic rings. The molecule has 1 aliphatic carbocycles. The van der Waals surface area contributed by atoms with E-state index in [0.29, 0.717) is 30.0 Å². The normalized spacial score (nSPS) is 23.5. The van der Waals surface area contributed by atoms with Crippen LogP contribution in [0.15, 0.2) is 35.7 Å². The fourth-order valence-electron chi connectivity index (χ4n) is 4.70. The number of benzene rings is 1. The second-order valence-corrected chi connectivity index (χ2v) is 8.58. The minimum Gasteiger partial charge on any atom is -0.483 e. The smallest absolute Gasteiger partial charge is 0.290 e. The van der Waals surface area contributed by atoms with Crippen LogP contribution < -0.4 is 0 Å². The standard InChI is InChI=1S/C20H21N3OS.CH2O2/c1-23-11-14-8-15(23)7-13(14)10-18(24)20-16-5-4-12(9-17(16)21-22-20)19-3-2-6-25-19;2-1-3/h2-6,9,13-15H,7-8,10-11H2,1H3,(H,21,22);1H,(H,2,3). The molecule has 3 unspecified atom stereocenters. The molecule has 5 rings (SSSR count). The van der Waals surface area contributed by atoms with Crippen molar-refractivity contribution in [2.75, 3.05) is 13.6 Å². The molecular weight excluding hydrogens is 374 g/mol. The van der Waals surface area contributed by atoms with Crippen LogP contribution in [0.25, 0.3) is 21.3 Å². The third kappa shape index (κ3) is 3.47. The van der Waals surface area contributed by atoms with Crippen molar-refractivity contribution in [2.24, 2.45) is 11.8 Å². The molecule has 0 amide bonds. The number of piperidine rings is 1. The monoisotopic (exact) mass is 397 g/mol. The average molecular weight is 398 g/mol. The molecule has 1 saturated carbocycles. The van der Waals surface area contributed by atoms with E-state index in [-0.39, 0.29) is 12.3 Å². The predicted molar refractivity (Wildman–Crippen MR) is 110 cm³/mol. The fourth-order valence-corrected chi connectivity index (χ4v) is 5.42. The number of ketones is 1. The number of carboxylic acid groups (broad SMARTS) is 1. The van der Waals surface area contributed by atoms with Gasteiger partial charge in [0, 0.05) is 29.3 Å². The summed E-state index contributed by atoms with van der Waals surface area (Å²) in [6.45, 7) is 0.897. The van der Waals surface area contributed by atoms with Gasteiger partial charge in [-0.3, -0.25) is 14.7 Å². The summed E-state index contributed by atoms with van der Waals surface area (Å²) in [5, 5.41) is 17.3. The number of hydrogen-bond acceptors (Lipinski definition) is 5. The van der Waals surface area contributed by atoms with Crippen LogP contribution >= 0.6 is 11.3 Å². The topological polar surface area (TPSA) is 86.3 Å². The van der Waals surface area contributed by atoms with Gasteiger partial charge in [0.1, 0.15) is 5.69 Å². The van der Waals surface area contributed by atoms with Gasteiger partial charge in [0.25, 0.3) is 6.47 Å². The number of nitrogens with one attached hydrogen (secondary N) is 1. The summed E-state index contributed by atoms with van der Waals surface area (Å²) >= 11 is 1.72. The highest BCUT2D eigenvalue weighted by Crippen LogP contribution is 2.43.